The topological polar surface area (TPSA) is 100 Å². The first kappa shape index (κ1) is 25.0. The summed E-state index contributed by atoms with van der Waals surface area (Å²) in [4.78, 5) is 42.8. The first-order valence-electron chi connectivity index (χ1n) is 10.9. The highest BCUT2D eigenvalue weighted by molar-refractivity contribution is 7.99. The fraction of sp³-hybridized carbons (Fsp3) is 0.0370. The number of halogens is 1. The number of carbonyl (C=O) groups is 3. The second-order valence-corrected chi connectivity index (χ2v) is 9.11. The van der Waals surface area contributed by atoms with Gasteiger partial charge in [-0.1, -0.05) is 65.8 Å². The maximum absolute atomic E-state index is 12.5. The van der Waals surface area contributed by atoms with Gasteiger partial charge in [-0.3, -0.25) is 19.9 Å². The second kappa shape index (κ2) is 12.0. The van der Waals surface area contributed by atoms with E-state index in [-0.39, 0.29) is 16.5 Å². The quantitative estimate of drug-likeness (QED) is 0.289. The molecular formula is C27H21ClN4O3S. The zero-order valence-corrected chi connectivity index (χ0v) is 20.5. The summed E-state index contributed by atoms with van der Waals surface area (Å²) in [6, 6.07) is 26.1. The molecule has 0 spiro atoms. The molecule has 36 heavy (non-hydrogen) atoms. The molecule has 4 amide bonds. The molecule has 0 unspecified atom stereocenters. The average molecular weight is 517 g/mol. The number of nitrogens with one attached hydrogen (secondary N) is 3. The van der Waals surface area contributed by atoms with Crippen LogP contribution in [0.15, 0.2) is 107 Å². The maximum atomic E-state index is 12.5. The van der Waals surface area contributed by atoms with Crippen LogP contribution in [0.2, 0.25) is 5.02 Å². The van der Waals surface area contributed by atoms with Crippen LogP contribution in [-0.2, 0) is 6.54 Å². The Balaban J connectivity index is 1.31. The predicted molar refractivity (Wildman–Crippen MR) is 140 cm³/mol. The molecule has 0 aliphatic rings. The number of nitrogens with zero attached hydrogens (tertiary/aromatic N) is 1. The van der Waals surface area contributed by atoms with Gasteiger partial charge in [-0.25, -0.2) is 4.79 Å². The minimum absolute atomic E-state index is 0.214. The van der Waals surface area contributed by atoms with Crippen molar-refractivity contribution in [2.75, 3.05) is 5.32 Å². The molecule has 0 aliphatic heterocycles. The number of benzene rings is 3. The summed E-state index contributed by atoms with van der Waals surface area (Å²) in [6.45, 7) is 0.421. The molecule has 0 atom stereocenters. The van der Waals surface area contributed by atoms with Gasteiger partial charge in [-0.2, -0.15) is 0 Å². The van der Waals surface area contributed by atoms with Gasteiger partial charge in [0.05, 0.1) is 10.6 Å². The summed E-state index contributed by atoms with van der Waals surface area (Å²) in [5, 5.41) is 8.00. The van der Waals surface area contributed by atoms with Crippen LogP contribution in [0.5, 0.6) is 0 Å². The minimum Gasteiger partial charge on any atom is -0.347 e. The molecule has 0 bridgehead atoms. The van der Waals surface area contributed by atoms with Gasteiger partial charge in [0.2, 0.25) is 0 Å². The molecule has 180 valence electrons. The van der Waals surface area contributed by atoms with E-state index in [0.717, 1.165) is 15.4 Å². The lowest BCUT2D eigenvalue weighted by Crippen LogP contribution is -2.34. The summed E-state index contributed by atoms with van der Waals surface area (Å²) >= 11 is 7.45. The number of aromatic nitrogens is 1. The minimum atomic E-state index is -0.666. The lowest BCUT2D eigenvalue weighted by molar-refractivity contribution is 0.0942. The Hall–Kier alpha value is -4.14. The van der Waals surface area contributed by atoms with Gasteiger partial charge in [0.15, 0.2) is 0 Å². The molecule has 0 radical (unpaired) electrons. The van der Waals surface area contributed by atoms with Crippen molar-refractivity contribution in [2.45, 2.75) is 16.3 Å². The molecule has 1 heterocycles. The van der Waals surface area contributed by atoms with E-state index in [1.807, 2.05) is 48.5 Å². The van der Waals surface area contributed by atoms with E-state index in [1.54, 1.807) is 42.6 Å². The molecule has 4 rings (SSSR count). The SMILES string of the molecule is O=C(NC(=O)c1ccccc1Cl)Nc1ccc(Sc2ccnc(C(=O)NCc3ccccc3)c2)cc1. The van der Waals surface area contributed by atoms with E-state index in [9.17, 15) is 14.4 Å². The second-order valence-electron chi connectivity index (χ2n) is 7.56. The Bertz CT molecular complexity index is 1380. The lowest BCUT2D eigenvalue weighted by atomic mass is 10.2. The van der Waals surface area contributed by atoms with Crippen LogP contribution in [-0.4, -0.2) is 22.8 Å². The number of urea groups is 1. The van der Waals surface area contributed by atoms with Crippen LogP contribution in [0.25, 0.3) is 0 Å². The van der Waals surface area contributed by atoms with Crippen molar-refractivity contribution in [3.8, 4) is 0 Å². The Kier molecular flexibility index (Phi) is 8.33. The zero-order chi connectivity index (χ0) is 25.3. The molecule has 3 aromatic carbocycles. The monoisotopic (exact) mass is 516 g/mol. The van der Waals surface area contributed by atoms with Crippen molar-refractivity contribution in [1.29, 1.82) is 0 Å². The highest BCUT2D eigenvalue weighted by atomic mass is 35.5. The average Bonchev–Trinajstić information content (AvgIpc) is 2.89. The molecule has 0 aliphatic carbocycles. The number of hydrogen-bond acceptors (Lipinski definition) is 5. The van der Waals surface area contributed by atoms with Gasteiger partial charge in [0, 0.05) is 28.2 Å². The summed E-state index contributed by atoms with van der Waals surface area (Å²) in [6.07, 6.45) is 1.59. The van der Waals surface area contributed by atoms with Crippen LogP contribution >= 0.6 is 23.4 Å². The fourth-order valence-corrected chi connectivity index (χ4v) is 4.25. The van der Waals surface area contributed by atoms with E-state index < -0.39 is 11.9 Å². The highest BCUT2D eigenvalue weighted by Gasteiger charge is 2.13. The Morgan fingerprint density at radius 3 is 2.28 bits per heavy atom. The van der Waals surface area contributed by atoms with Gasteiger partial charge in [-0.05, 0) is 54.1 Å². The standard InChI is InChI=1S/C27H21ClN4O3S/c28-23-9-5-4-8-22(23)25(33)32-27(35)31-19-10-12-20(13-11-19)36-21-14-15-29-24(16-21)26(34)30-17-18-6-2-1-3-7-18/h1-16H,17H2,(H,30,34)(H2,31,32,33,35). The van der Waals surface area contributed by atoms with Gasteiger partial charge in [-0.15, -0.1) is 0 Å². The molecule has 0 saturated heterocycles. The van der Waals surface area contributed by atoms with Crippen molar-refractivity contribution in [3.63, 3.8) is 0 Å². The molecule has 4 aromatic rings. The van der Waals surface area contributed by atoms with Crippen LogP contribution in [0, 0.1) is 0 Å². The third-order valence-corrected chi connectivity index (χ3v) is 6.28. The summed E-state index contributed by atoms with van der Waals surface area (Å²) in [5.41, 5.74) is 2.06. The lowest BCUT2D eigenvalue weighted by Gasteiger charge is -2.09. The summed E-state index contributed by atoms with van der Waals surface area (Å²) < 4.78 is 0. The number of carbonyl (C=O) groups excluding carboxylic acids is 3. The van der Waals surface area contributed by atoms with Crippen LogP contribution < -0.4 is 16.0 Å². The van der Waals surface area contributed by atoms with Gasteiger partial charge < -0.3 is 10.6 Å². The van der Waals surface area contributed by atoms with E-state index >= 15 is 0 Å². The smallest absolute Gasteiger partial charge is 0.326 e. The van der Waals surface area contributed by atoms with Crippen molar-refractivity contribution < 1.29 is 14.4 Å². The van der Waals surface area contributed by atoms with Gasteiger partial charge in [0.1, 0.15) is 5.69 Å². The summed E-state index contributed by atoms with van der Waals surface area (Å²) in [7, 11) is 0. The number of imide groups is 1. The van der Waals surface area contributed by atoms with E-state index in [4.69, 9.17) is 11.6 Å². The Labute approximate surface area is 217 Å². The maximum Gasteiger partial charge on any atom is 0.326 e. The molecule has 0 fully saturated rings. The van der Waals surface area contributed by atoms with Crippen LogP contribution in [0.1, 0.15) is 26.4 Å². The Morgan fingerprint density at radius 2 is 1.53 bits per heavy atom. The molecule has 9 heteroatoms. The van der Waals surface area contributed by atoms with Crippen molar-refractivity contribution in [2.24, 2.45) is 0 Å². The van der Waals surface area contributed by atoms with E-state index in [0.29, 0.717) is 17.9 Å². The fourth-order valence-electron chi connectivity index (χ4n) is 3.19. The highest BCUT2D eigenvalue weighted by Crippen LogP contribution is 2.28. The van der Waals surface area contributed by atoms with Gasteiger partial charge >= 0.3 is 6.03 Å². The normalized spacial score (nSPS) is 10.4. The van der Waals surface area contributed by atoms with Gasteiger partial charge in [0.25, 0.3) is 11.8 Å². The first-order valence-corrected chi connectivity index (χ1v) is 12.1. The van der Waals surface area contributed by atoms with Crippen LogP contribution in [0.3, 0.4) is 0 Å². The number of hydrogen-bond donors (Lipinski definition) is 3. The van der Waals surface area contributed by atoms with E-state index in [1.165, 1.54) is 17.8 Å². The molecule has 3 N–H and O–H groups in total. The number of rotatable bonds is 7. The zero-order valence-electron chi connectivity index (χ0n) is 18.9. The number of pyridine rings is 1. The number of amides is 4. The van der Waals surface area contributed by atoms with Crippen molar-refractivity contribution in [3.05, 3.63) is 119 Å². The van der Waals surface area contributed by atoms with Crippen molar-refractivity contribution in [1.82, 2.24) is 15.6 Å². The largest absolute Gasteiger partial charge is 0.347 e. The molecule has 1 aromatic heterocycles. The third kappa shape index (κ3) is 6.94. The summed E-state index contributed by atoms with van der Waals surface area (Å²) in [5.74, 6) is -0.843. The first-order chi connectivity index (χ1) is 17.5. The predicted octanol–water partition coefficient (Wildman–Crippen LogP) is 5.78. The molecule has 0 saturated carbocycles. The molecule has 7 nitrogen and oxygen atoms in total. The third-order valence-electron chi connectivity index (χ3n) is 4.95. The number of anilines is 1. The van der Waals surface area contributed by atoms with E-state index in [2.05, 4.69) is 20.9 Å². The van der Waals surface area contributed by atoms with Crippen LogP contribution in [0.4, 0.5) is 10.5 Å². The van der Waals surface area contributed by atoms with Crippen molar-refractivity contribution >= 4 is 46.9 Å². The Morgan fingerprint density at radius 1 is 0.806 bits per heavy atom. The molecular weight excluding hydrogens is 496 g/mol.